The van der Waals surface area contributed by atoms with E-state index in [2.05, 4.69) is 12.6 Å². The number of nitrogens with zero attached hydrogens (tertiary/aromatic N) is 1. The van der Waals surface area contributed by atoms with Gasteiger partial charge in [0, 0.05) is 6.42 Å². The Balaban J connectivity index is 2.39. The van der Waals surface area contributed by atoms with Crippen molar-refractivity contribution in [3.05, 3.63) is 11.5 Å². The zero-order valence-corrected chi connectivity index (χ0v) is 7.95. The highest BCUT2D eigenvalue weighted by Crippen LogP contribution is 2.55. The summed E-state index contributed by atoms with van der Waals surface area (Å²) in [5, 5.41) is 8.94. The monoisotopic (exact) mass is 213 g/mol. The van der Waals surface area contributed by atoms with E-state index < -0.39 is 15.8 Å². The highest BCUT2D eigenvalue weighted by molar-refractivity contribution is 7.82. The van der Waals surface area contributed by atoms with Gasteiger partial charge < -0.3 is 8.60 Å². The van der Waals surface area contributed by atoms with Crippen LogP contribution in [0, 0.1) is 11.3 Å². The van der Waals surface area contributed by atoms with E-state index in [1.165, 1.54) is 0 Å². The summed E-state index contributed by atoms with van der Waals surface area (Å²) in [6.45, 7) is 0. The molecule has 0 spiro atoms. The van der Waals surface area contributed by atoms with Crippen molar-refractivity contribution >= 4 is 23.7 Å². The van der Waals surface area contributed by atoms with Gasteiger partial charge in [-0.1, -0.05) is 0 Å². The van der Waals surface area contributed by atoms with Crippen molar-refractivity contribution in [2.24, 2.45) is 0 Å². The molecule has 6 heteroatoms. The molecule has 0 aromatic carbocycles. The summed E-state index contributed by atoms with van der Waals surface area (Å²) in [6, 6.07) is 1.99. The predicted molar refractivity (Wildman–Crippen MR) is 45.7 cm³/mol. The van der Waals surface area contributed by atoms with Crippen molar-refractivity contribution < 1.29 is 12.8 Å². The first-order valence-electron chi connectivity index (χ1n) is 3.55. The van der Waals surface area contributed by atoms with Gasteiger partial charge in [-0.15, -0.1) is 12.6 Å². The molecule has 1 aromatic heterocycles. The van der Waals surface area contributed by atoms with Gasteiger partial charge in [0.15, 0.2) is 11.5 Å². The van der Waals surface area contributed by atoms with Crippen molar-refractivity contribution in [1.82, 2.24) is 0 Å². The smallest absolute Gasteiger partial charge is 0.236 e. The molecule has 4 nitrogen and oxygen atoms in total. The molecular weight excluding hydrogens is 210 g/mol. The average molecular weight is 213 g/mol. The fourth-order valence-corrected chi connectivity index (χ4v) is 3.03. The summed E-state index contributed by atoms with van der Waals surface area (Å²) in [5.74, 6) is 1.36. The third-order valence-electron chi connectivity index (χ3n) is 2.31. The molecular formula is C7H3NO3S2. The standard InChI is InChI=1S/C7H3NO3S2/c8-2-7-1-3-5(12)4(6(7)10-3)11-13(7)9/h12H,1H2. The summed E-state index contributed by atoms with van der Waals surface area (Å²) in [7, 11) is 0. The number of hydrogen-bond acceptors (Lipinski definition) is 5. The maximum absolute atomic E-state index is 11.5. The molecule has 1 aromatic rings. The Kier molecular flexibility index (Phi) is 1.11. The van der Waals surface area contributed by atoms with Gasteiger partial charge >= 0.3 is 0 Å². The van der Waals surface area contributed by atoms with Crippen LogP contribution in [0.4, 0.5) is 0 Å². The average Bonchev–Trinajstić information content (AvgIpc) is 2.68. The van der Waals surface area contributed by atoms with Gasteiger partial charge in [-0.2, -0.15) is 5.26 Å². The summed E-state index contributed by atoms with van der Waals surface area (Å²) in [4.78, 5) is 0.576. The Bertz CT molecular complexity index is 487. The van der Waals surface area contributed by atoms with Crippen LogP contribution in [0.3, 0.4) is 0 Å². The Morgan fingerprint density at radius 2 is 2.46 bits per heavy atom. The molecule has 2 bridgehead atoms. The third-order valence-corrected chi connectivity index (χ3v) is 4.07. The van der Waals surface area contributed by atoms with Crippen LogP contribution >= 0.6 is 12.6 Å². The van der Waals surface area contributed by atoms with E-state index in [4.69, 9.17) is 13.9 Å². The van der Waals surface area contributed by atoms with Gasteiger partial charge in [-0.05, 0) is 0 Å². The lowest BCUT2D eigenvalue weighted by Gasteiger charge is -2.07. The van der Waals surface area contributed by atoms with Crippen LogP contribution in [-0.2, 0) is 22.2 Å². The number of rotatable bonds is 0. The second-order valence-electron chi connectivity index (χ2n) is 2.97. The number of fused-ring (bicyclic) bond motifs is 1. The molecule has 0 radical (unpaired) electrons. The van der Waals surface area contributed by atoms with E-state index in [9.17, 15) is 4.21 Å². The molecule has 2 aliphatic rings. The highest BCUT2D eigenvalue weighted by atomic mass is 32.2. The molecule has 2 atom stereocenters. The molecule has 0 N–H and O–H groups in total. The Hall–Kier alpha value is -0.930. The van der Waals surface area contributed by atoms with E-state index in [0.717, 1.165) is 0 Å². The Labute approximate surface area is 81.6 Å². The summed E-state index contributed by atoms with van der Waals surface area (Å²) in [6.07, 6.45) is 0.313. The lowest BCUT2D eigenvalue weighted by atomic mass is 9.99. The van der Waals surface area contributed by atoms with Crippen molar-refractivity contribution in [2.45, 2.75) is 16.1 Å². The predicted octanol–water partition coefficient (Wildman–Crippen LogP) is 0.899. The SMILES string of the molecule is N#CC12Cc3oc1c(c3S)OS2=O. The highest BCUT2D eigenvalue weighted by Gasteiger charge is 2.59. The molecule has 0 saturated carbocycles. The first-order chi connectivity index (χ1) is 6.19. The topological polar surface area (TPSA) is 63.2 Å². The molecule has 66 valence electrons. The third kappa shape index (κ3) is 0.597. The normalized spacial score (nSPS) is 33.1. The van der Waals surface area contributed by atoms with Crippen molar-refractivity contribution in [3.63, 3.8) is 0 Å². The quantitative estimate of drug-likeness (QED) is 0.650. The lowest BCUT2D eigenvalue weighted by molar-refractivity contribution is 0.521. The maximum Gasteiger partial charge on any atom is 0.236 e. The van der Waals surface area contributed by atoms with Gasteiger partial charge in [0.05, 0.1) is 11.0 Å². The maximum atomic E-state index is 11.5. The first kappa shape index (κ1) is 7.47. The number of furan rings is 1. The van der Waals surface area contributed by atoms with Crippen molar-refractivity contribution in [1.29, 1.82) is 5.26 Å². The van der Waals surface area contributed by atoms with Crippen LogP contribution in [0.2, 0.25) is 0 Å². The molecule has 3 rings (SSSR count). The van der Waals surface area contributed by atoms with E-state index >= 15 is 0 Å². The van der Waals surface area contributed by atoms with E-state index in [1.807, 2.05) is 6.07 Å². The largest absolute Gasteiger partial charge is 0.458 e. The van der Waals surface area contributed by atoms with Crippen LogP contribution in [0.1, 0.15) is 11.5 Å². The minimum absolute atomic E-state index is 0.313. The van der Waals surface area contributed by atoms with Crippen LogP contribution in [0.25, 0.3) is 0 Å². The fraction of sp³-hybridized carbons (Fsp3) is 0.286. The van der Waals surface area contributed by atoms with Crippen molar-refractivity contribution in [3.8, 4) is 11.8 Å². The zero-order chi connectivity index (χ0) is 9.22. The molecule has 13 heavy (non-hydrogen) atoms. The Morgan fingerprint density at radius 1 is 1.69 bits per heavy atom. The van der Waals surface area contributed by atoms with Gasteiger partial charge in [-0.3, -0.25) is 0 Å². The second-order valence-corrected chi connectivity index (χ2v) is 4.75. The van der Waals surface area contributed by atoms with Crippen molar-refractivity contribution in [2.75, 3.05) is 0 Å². The Morgan fingerprint density at radius 3 is 3.08 bits per heavy atom. The lowest BCUT2D eigenvalue weighted by Crippen LogP contribution is -2.26. The minimum atomic E-state index is -1.65. The van der Waals surface area contributed by atoms with Crippen LogP contribution in [0.5, 0.6) is 5.75 Å². The molecule has 3 heterocycles. The van der Waals surface area contributed by atoms with Gasteiger partial charge in [-0.25, -0.2) is 4.21 Å². The molecule has 0 amide bonds. The second kappa shape index (κ2) is 1.94. The summed E-state index contributed by atoms with van der Waals surface area (Å²) >= 11 is 2.50. The zero-order valence-electron chi connectivity index (χ0n) is 6.23. The van der Waals surface area contributed by atoms with E-state index in [0.29, 0.717) is 28.6 Å². The van der Waals surface area contributed by atoms with Gasteiger partial charge in [0.1, 0.15) is 5.76 Å². The van der Waals surface area contributed by atoms with E-state index in [-0.39, 0.29) is 0 Å². The van der Waals surface area contributed by atoms with Crippen LogP contribution in [-0.4, -0.2) is 4.21 Å². The molecule has 2 unspecified atom stereocenters. The summed E-state index contributed by atoms with van der Waals surface area (Å²) in [5.41, 5.74) is 0. The van der Waals surface area contributed by atoms with Crippen LogP contribution in [0.15, 0.2) is 9.31 Å². The molecule has 2 aliphatic heterocycles. The molecule has 0 fully saturated rings. The number of nitriles is 1. The minimum Gasteiger partial charge on any atom is -0.458 e. The van der Waals surface area contributed by atoms with Gasteiger partial charge in [0.25, 0.3) is 0 Å². The molecule has 0 aliphatic carbocycles. The fourth-order valence-electron chi connectivity index (χ4n) is 1.63. The van der Waals surface area contributed by atoms with Gasteiger partial charge in [0.2, 0.25) is 15.8 Å². The van der Waals surface area contributed by atoms with Crippen LogP contribution < -0.4 is 4.18 Å². The first-order valence-corrected chi connectivity index (χ1v) is 5.08. The molecule has 0 saturated heterocycles. The number of hydrogen-bond donors (Lipinski definition) is 1. The van der Waals surface area contributed by atoms with E-state index in [1.54, 1.807) is 0 Å². The number of thiol groups is 1. The summed E-state index contributed by atoms with van der Waals surface area (Å²) < 4.78 is 20.7.